The van der Waals surface area contributed by atoms with E-state index in [1.165, 1.54) is 0 Å². The first-order valence-electron chi connectivity index (χ1n) is 7.92. The van der Waals surface area contributed by atoms with Crippen molar-refractivity contribution >= 4 is 17.3 Å². The standard InChI is InChI=1S/C16H25F3N4S/c1-4-5-6-7-8-11-23(3)15(20-2)21-10-9-14-22-13(12-24-14)16(17,18)19/h4,12H,1,5-11H2,2-3H3,(H,20,21). The minimum absolute atomic E-state index is 0.437. The first-order chi connectivity index (χ1) is 11.4. The number of hydrogen-bond donors (Lipinski definition) is 1. The molecule has 1 aromatic heterocycles. The zero-order chi connectivity index (χ0) is 18.0. The molecule has 8 heteroatoms. The number of thiazole rings is 1. The predicted octanol–water partition coefficient (Wildman–Crippen LogP) is 3.96. The summed E-state index contributed by atoms with van der Waals surface area (Å²) in [6, 6.07) is 0. The van der Waals surface area contributed by atoms with E-state index in [0.717, 1.165) is 54.9 Å². The van der Waals surface area contributed by atoms with E-state index in [1.807, 2.05) is 18.0 Å². The van der Waals surface area contributed by atoms with Gasteiger partial charge in [0.2, 0.25) is 0 Å². The lowest BCUT2D eigenvalue weighted by Gasteiger charge is -2.21. The van der Waals surface area contributed by atoms with E-state index in [1.54, 1.807) is 7.05 Å². The molecule has 0 saturated heterocycles. The fraction of sp³-hybridized carbons (Fsp3) is 0.625. The molecule has 0 amide bonds. The summed E-state index contributed by atoms with van der Waals surface area (Å²) < 4.78 is 37.5. The second-order valence-corrected chi connectivity index (χ2v) is 6.35. The molecule has 0 aliphatic heterocycles. The first-order valence-corrected chi connectivity index (χ1v) is 8.80. The number of allylic oxidation sites excluding steroid dienone is 1. The number of guanidine groups is 1. The van der Waals surface area contributed by atoms with Crippen LogP contribution in [-0.4, -0.2) is 43.0 Å². The average Bonchev–Trinajstić information content (AvgIpc) is 3.00. The summed E-state index contributed by atoms with van der Waals surface area (Å²) in [5, 5.41) is 4.69. The summed E-state index contributed by atoms with van der Waals surface area (Å²) in [7, 11) is 3.65. The highest BCUT2D eigenvalue weighted by Crippen LogP contribution is 2.29. The second-order valence-electron chi connectivity index (χ2n) is 5.41. The van der Waals surface area contributed by atoms with Crippen LogP contribution in [0.5, 0.6) is 0 Å². The summed E-state index contributed by atoms with van der Waals surface area (Å²) >= 11 is 1.03. The monoisotopic (exact) mass is 362 g/mol. The van der Waals surface area contributed by atoms with Gasteiger partial charge in [-0.15, -0.1) is 17.9 Å². The van der Waals surface area contributed by atoms with Gasteiger partial charge in [0.25, 0.3) is 0 Å². The Balaban J connectivity index is 2.33. The third-order valence-electron chi connectivity index (χ3n) is 3.44. The van der Waals surface area contributed by atoms with Gasteiger partial charge in [-0.25, -0.2) is 4.98 Å². The SMILES string of the molecule is C=CCCCCCN(C)C(=NC)NCCc1nc(C(F)(F)F)cs1. The van der Waals surface area contributed by atoms with Gasteiger partial charge in [0.05, 0.1) is 5.01 Å². The molecule has 0 spiro atoms. The van der Waals surface area contributed by atoms with Gasteiger partial charge in [0.1, 0.15) is 0 Å². The second kappa shape index (κ2) is 10.3. The van der Waals surface area contributed by atoms with Crippen molar-refractivity contribution in [1.29, 1.82) is 0 Å². The number of rotatable bonds is 9. The molecule has 0 saturated carbocycles. The molecule has 0 aromatic carbocycles. The molecule has 1 rings (SSSR count). The molecule has 0 atom stereocenters. The summed E-state index contributed by atoms with van der Waals surface area (Å²) in [6.07, 6.45) is 2.35. The Bertz CT molecular complexity index is 526. The molecule has 24 heavy (non-hydrogen) atoms. The van der Waals surface area contributed by atoms with Gasteiger partial charge < -0.3 is 10.2 Å². The zero-order valence-electron chi connectivity index (χ0n) is 14.2. The van der Waals surface area contributed by atoms with Crippen LogP contribution in [0.15, 0.2) is 23.0 Å². The summed E-state index contributed by atoms with van der Waals surface area (Å²) in [6.45, 7) is 5.08. The van der Waals surface area contributed by atoms with Crippen LogP contribution in [0.4, 0.5) is 13.2 Å². The molecule has 0 radical (unpaired) electrons. The summed E-state index contributed by atoms with van der Waals surface area (Å²) in [5.74, 6) is 0.742. The van der Waals surface area contributed by atoms with E-state index in [9.17, 15) is 13.2 Å². The lowest BCUT2D eigenvalue weighted by Crippen LogP contribution is -2.40. The molecule has 0 fully saturated rings. The molecule has 0 aliphatic rings. The van der Waals surface area contributed by atoms with Gasteiger partial charge in [-0.3, -0.25) is 4.99 Å². The topological polar surface area (TPSA) is 40.5 Å². The molecule has 1 heterocycles. The van der Waals surface area contributed by atoms with E-state index in [4.69, 9.17) is 0 Å². The molecule has 0 bridgehead atoms. The minimum Gasteiger partial charge on any atom is -0.356 e. The lowest BCUT2D eigenvalue weighted by molar-refractivity contribution is -0.140. The number of unbranched alkanes of at least 4 members (excludes halogenated alkanes) is 3. The zero-order valence-corrected chi connectivity index (χ0v) is 15.0. The maximum atomic E-state index is 12.5. The number of aromatic nitrogens is 1. The van der Waals surface area contributed by atoms with Crippen LogP contribution in [0.3, 0.4) is 0 Å². The normalized spacial score (nSPS) is 12.3. The Labute approximate surface area is 145 Å². The van der Waals surface area contributed by atoms with Crippen LogP contribution in [-0.2, 0) is 12.6 Å². The third-order valence-corrected chi connectivity index (χ3v) is 4.35. The fourth-order valence-corrected chi connectivity index (χ4v) is 2.95. The van der Waals surface area contributed by atoms with Gasteiger partial charge in [-0.05, 0) is 19.3 Å². The van der Waals surface area contributed by atoms with E-state index < -0.39 is 11.9 Å². The lowest BCUT2D eigenvalue weighted by atomic mass is 10.2. The Morgan fingerprint density at radius 2 is 2.17 bits per heavy atom. The quantitative estimate of drug-likeness (QED) is 0.313. The molecule has 0 unspecified atom stereocenters. The van der Waals surface area contributed by atoms with Crippen LogP contribution >= 0.6 is 11.3 Å². The van der Waals surface area contributed by atoms with Crippen molar-refractivity contribution in [3.05, 3.63) is 28.7 Å². The van der Waals surface area contributed by atoms with E-state index in [0.29, 0.717) is 18.0 Å². The molecular weight excluding hydrogens is 337 g/mol. The maximum absolute atomic E-state index is 12.5. The number of aliphatic imine (C=N–C) groups is 1. The van der Waals surface area contributed by atoms with Gasteiger partial charge in [-0.2, -0.15) is 13.2 Å². The number of alkyl halides is 3. The van der Waals surface area contributed by atoms with Crippen molar-refractivity contribution < 1.29 is 13.2 Å². The van der Waals surface area contributed by atoms with Gasteiger partial charge in [-0.1, -0.05) is 12.5 Å². The third kappa shape index (κ3) is 7.33. The van der Waals surface area contributed by atoms with Crippen molar-refractivity contribution in [2.24, 2.45) is 4.99 Å². The van der Waals surface area contributed by atoms with Crippen LogP contribution in [0.25, 0.3) is 0 Å². The molecule has 136 valence electrons. The van der Waals surface area contributed by atoms with Crippen LogP contribution in [0, 0.1) is 0 Å². The molecule has 1 aromatic rings. The Morgan fingerprint density at radius 1 is 1.42 bits per heavy atom. The Hall–Kier alpha value is -1.57. The number of nitrogens with zero attached hydrogens (tertiary/aromatic N) is 3. The van der Waals surface area contributed by atoms with Crippen LogP contribution < -0.4 is 5.32 Å². The van der Waals surface area contributed by atoms with E-state index in [-0.39, 0.29) is 0 Å². The van der Waals surface area contributed by atoms with Crippen molar-refractivity contribution in [3.63, 3.8) is 0 Å². The maximum Gasteiger partial charge on any atom is 0.434 e. The van der Waals surface area contributed by atoms with Crippen molar-refractivity contribution in [1.82, 2.24) is 15.2 Å². The number of hydrogen-bond acceptors (Lipinski definition) is 3. The number of nitrogens with one attached hydrogen (secondary N) is 1. The summed E-state index contributed by atoms with van der Waals surface area (Å²) in [5.41, 5.74) is -0.816. The van der Waals surface area contributed by atoms with E-state index in [2.05, 4.69) is 21.9 Å². The van der Waals surface area contributed by atoms with Crippen molar-refractivity contribution in [3.8, 4) is 0 Å². The van der Waals surface area contributed by atoms with Crippen LogP contribution in [0.1, 0.15) is 36.4 Å². The largest absolute Gasteiger partial charge is 0.434 e. The highest BCUT2D eigenvalue weighted by Gasteiger charge is 2.33. The molecular formula is C16H25F3N4S. The van der Waals surface area contributed by atoms with Gasteiger partial charge in [0, 0.05) is 39.0 Å². The smallest absolute Gasteiger partial charge is 0.356 e. The van der Waals surface area contributed by atoms with Gasteiger partial charge in [0.15, 0.2) is 11.7 Å². The molecule has 4 nitrogen and oxygen atoms in total. The predicted molar refractivity (Wildman–Crippen MR) is 93.5 cm³/mol. The fourth-order valence-electron chi connectivity index (χ4n) is 2.14. The van der Waals surface area contributed by atoms with E-state index >= 15 is 0 Å². The average molecular weight is 362 g/mol. The van der Waals surface area contributed by atoms with Crippen molar-refractivity contribution in [2.45, 2.75) is 38.3 Å². The first kappa shape index (κ1) is 20.5. The van der Waals surface area contributed by atoms with Crippen molar-refractivity contribution in [2.75, 3.05) is 27.2 Å². The molecule has 1 N–H and O–H groups in total. The summed E-state index contributed by atoms with van der Waals surface area (Å²) in [4.78, 5) is 9.84. The number of halogens is 3. The Morgan fingerprint density at radius 3 is 2.75 bits per heavy atom. The molecule has 0 aliphatic carbocycles. The highest BCUT2D eigenvalue weighted by molar-refractivity contribution is 7.09. The highest BCUT2D eigenvalue weighted by atomic mass is 32.1. The van der Waals surface area contributed by atoms with Crippen LogP contribution in [0.2, 0.25) is 0 Å². The Kier molecular flexibility index (Phi) is 8.81. The minimum atomic E-state index is -4.37. The van der Waals surface area contributed by atoms with Gasteiger partial charge >= 0.3 is 6.18 Å².